The van der Waals surface area contributed by atoms with Gasteiger partial charge >= 0.3 is 6.03 Å². The van der Waals surface area contributed by atoms with Crippen LogP contribution in [-0.2, 0) is 0 Å². The minimum Gasteiger partial charge on any atom is -0.491 e. The third-order valence-electron chi connectivity index (χ3n) is 2.50. The van der Waals surface area contributed by atoms with Crippen molar-refractivity contribution in [1.82, 2.24) is 10.6 Å². The van der Waals surface area contributed by atoms with Gasteiger partial charge in [-0.1, -0.05) is 25.1 Å². The van der Waals surface area contributed by atoms with Gasteiger partial charge in [0.25, 0.3) is 0 Å². The van der Waals surface area contributed by atoms with Crippen LogP contribution in [0, 0.1) is 6.92 Å². The van der Waals surface area contributed by atoms with Crippen LogP contribution in [0.1, 0.15) is 25.8 Å². The van der Waals surface area contributed by atoms with Gasteiger partial charge in [0, 0.05) is 6.54 Å². The van der Waals surface area contributed by atoms with Crippen LogP contribution in [-0.4, -0.2) is 25.2 Å². The molecule has 1 aromatic carbocycles. The lowest BCUT2D eigenvalue weighted by Crippen LogP contribution is -2.43. The van der Waals surface area contributed by atoms with Crippen LogP contribution in [0.25, 0.3) is 0 Å². The van der Waals surface area contributed by atoms with Crippen LogP contribution >= 0.6 is 0 Å². The second-order valence-electron chi connectivity index (χ2n) is 4.38. The molecule has 2 N–H and O–H groups in total. The minimum atomic E-state index is -0.141. The molecule has 1 unspecified atom stereocenters. The maximum absolute atomic E-state index is 11.4. The maximum atomic E-state index is 11.4. The molecule has 1 atom stereocenters. The molecule has 4 heteroatoms. The molecule has 1 rings (SSSR count). The average Bonchev–Trinajstić information content (AvgIpc) is 2.35. The van der Waals surface area contributed by atoms with Gasteiger partial charge in [-0.25, -0.2) is 4.79 Å². The fourth-order valence-corrected chi connectivity index (χ4v) is 1.49. The lowest BCUT2D eigenvalue weighted by molar-refractivity contribution is 0.226. The number of benzene rings is 1. The Kier molecular flexibility index (Phi) is 6.05. The highest BCUT2D eigenvalue weighted by atomic mass is 16.5. The van der Waals surface area contributed by atoms with E-state index in [1.807, 2.05) is 45.0 Å². The van der Waals surface area contributed by atoms with Crippen molar-refractivity contribution >= 4 is 6.03 Å². The van der Waals surface area contributed by atoms with E-state index >= 15 is 0 Å². The first kappa shape index (κ1) is 14.4. The van der Waals surface area contributed by atoms with E-state index in [2.05, 4.69) is 10.6 Å². The minimum absolute atomic E-state index is 0.0264. The number of para-hydroxylation sites is 1. The lowest BCUT2D eigenvalue weighted by Gasteiger charge is -2.16. The Labute approximate surface area is 109 Å². The number of urea groups is 1. The van der Waals surface area contributed by atoms with E-state index in [1.165, 1.54) is 0 Å². The van der Waals surface area contributed by atoms with Gasteiger partial charge in [0.1, 0.15) is 12.4 Å². The fourth-order valence-electron chi connectivity index (χ4n) is 1.49. The van der Waals surface area contributed by atoms with Gasteiger partial charge < -0.3 is 15.4 Å². The molecular weight excluding hydrogens is 228 g/mol. The highest BCUT2D eigenvalue weighted by molar-refractivity contribution is 5.74. The predicted octanol–water partition coefficient (Wildman–Crippen LogP) is 2.47. The summed E-state index contributed by atoms with van der Waals surface area (Å²) in [6.45, 7) is 7.10. The molecule has 0 heterocycles. The van der Waals surface area contributed by atoms with E-state index in [-0.39, 0.29) is 12.1 Å². The van der Waals surface area contributed by atoms with Crippen molar-refractivity contribution in [2.45, 2.75) is 33.2 Å². The molecule has 2 amide bonds. The number of rotatable bonds is 6. The summed E-state index contributed by atoms with van der Waals surface area (Å²) in [5.74, 6) is 0.861. The van der Waals surface area contributed by atoms with Crippen molar-refractivity contribution in [2.24, 2.45) is 0 Å². The Morgan fingerprint density at radius 3 is 2.78 bits per heavy atom. The van der Waals surface area contributed by atoms with Gasteiger partial charge in [-0.05, 0) is 31.9 Å². The number of nitrogens with one attached hydrogen (secondary N) is 2. The molecule has 0 fully saturated rings. The van der Waals surface area contributed by atoms with Crippen molar-refractivity contribution in [3.8, 4) is 5.75 Å². The third kappa shape index (κ3) is 5.08. The zero-order valence-electron chi connectivity index (χ0n) is 11.3. The van der Waals surface area contributed by atoms with Crippen molar-refractivity contribution in [2.75, 3.05) is 13.2 Å². The largest absolute Gasteiger partial charge is 0.491 e. The Morgan fingerprint density at radius 2 is 2.11 bits per heavy atom. The second-order valence-corrected chi connectivity index (χ2v) is 4.38. The standard InChI is InChI=1S/C14H22N2O2/c1-4-9-15-14(17)16-12(3)10-18-13-8-6-5-7-11(13)2/h5-8,12H,4,9-10H2,1-3H3,(H2,15,16,17). The molecule has 0 spiro atoms. The van der Waals surface area contributed by atoms with E-state index in [0.29, 0.717) is 13.2 Å². The second kappa shape index (κ2) is 7.58. The summed E-state index contributed by atoms with van der Waals surface area (Å²) < 4.78 is 5.66. The topological polar surface area (TPSA) is 50.4 Å². The fraction of sp³-hybridized carbons (Fsp3) is 0.500. The van der Waals surface area contributed by atoms with Crippen LogP contribution in [0.4, 0.5) is 4.79 Å². The van der Waals surface area contributed by atoms with Crippen molar-refractivity contribution in [1.29, 1.82) is 0 Å². The zero-order chi connectivity index (χ0) is 13.4. The maximum Gasteiger partial charge on any atom is 0.315 e. The molecule has 0 aliphatic rings. The quantitative estimate of drug-likeness (QED) is 0.815. The average molecular weight is 250 g/mol. The van der Waals surface area contributed by atoms with Crippen LogP contribution in [0.2, 0.25) is 0 Å². The molecule has 0 bridgehead atoms. The van der Waals surface area contributed by atoms with E-state index in [4.69, 9.17) is 4.74 Å². The first-order valence-corrected chi connectivity index (χ1v) is 6.36. The van der Waals surface area contributed by atoms with Crippen LogP contribution < -0.4 is 15.4 Å². The number of hydrogen-bond acceptors (Lipinski definition) is 2. The smallest absolute Gasteiger partial charge is 0.315 e. The summed E-state index contributed by atoms with van der Waals surface area (Å²) in [6, 6.07) is 7.68. The molecule has 4 nitrogen and oxygen atoms in total. The van der Waals surface area contributed by atoms with Crippen molar-refractivity contribution < 1.29 is 9.53 Å². The summed E-state index contributed by atoms with van der Waals surface area (Å²) in [5, 5.41) is 5.60. The zero-order valence-corrected chi connectivity index (χ0v) is 11.3. The number of amides is 2. The lowest BCUT2D eigenvalue weighted by atomic mass is 10.2. The molecule has 18 heavy (non-hydrogen) atoms. The summed E-state index contributed by atoms with van der Waals surface area (Å²) in [7, 11) is 0. The van der Waals surface area contributed by atoms with Gasteiger partial charge in [0.2, 0.25) is 0 Å². The van der Waals surface area contributed by atoms with E-state index in [1.54, 1.807) is 0 Å². The van der Waals surface area contributed by atoms with Crippen LogP contribution in [0.5, 0.6) is 5.75 Å². The molecular formula is C14H22N2O2. The van der Waals surface area contributed by atoms with Gasteiger partial charge in [-0.3, -0.25) is 0 Å². The molecule has 0 aliphatic carbocycles. The van der Waals surface area contributed by atoms with Crippen LogP contribution in [0.3, 0.4) is 0 Å². The third-order valence-corrected chi connectivity index (χ3v) is 2.50. The summed E-state index contributed by atoms with van der Waals surface area (Å²) in [4.78, 5) is 11.4. The molecule has 0 aromatic heterocycles. The highest BCUT2D eigenvalue weighted by Gasteiger charge is 2.07. The van der Waals surface area contributed by atoms with Gasteiger partial charge in [-0.15, -0.1) is 0 Å². The van der Waals surface area contributed by atoms with Crippen LogP contribution in [0.15, 0.2) is 24.3 Å². The Morgan fingerprint density at radius 1 is 1.39 bits per heavy atom. The Bertz CT molecular complexity index is 380. The first-order chi connectivity index (χ1) is 8.63. The highest BCUT2D eigenvalue weighted by Crippen LogP contribution is 2.16. The van der Waals surface area contributed by atoms with Crippen molar-refractivity contribution in [3.63, 3.8) is 0 Å². The number of hydrogen-bond donors (Lipinski definition) is 2. The molecule has 100 valence electrons. The van der Waals surface area contributed by atoms with Gasteiger partial charge in [0.15, 0.2) is 0 Å². The van der Waals surface area contributed by atoms with Crippen molar-refractivity contribution in [3.05, 3.63) is 29.8 Å². The number of carbonyl (C=O) groups excluding carboxylic acids is 1. The van der Waals surface area contributed by atoms with Gasteiger partial charge in [0.05, 0.1) is 6.04 Å². The van der Waals surface area contributed by atoms with Gasteiger partial charge in [-0.2, -0.15) is 0 Å². The molecule has 0 aliphatic heterocycles. The van der Waals surface area contributed by atoms with E-state index in [9.17, 15) is 4.79 Å². The summed E-state index contributed by atoms with van der Waals surface area (Å²) in [6.07, 6.45) is 0.932. The molecule has 1 aromatic rings. The predicted molar refractivity (Wildman–Crippen MR) is 73.0 cm³/mol. The number of aryl methyl sites for hydroxylation is 1. The molecule has 0 saturated heterocycles. The van der Waals surface area contributed by atoms with E-state index in [0.717, 1.165) is 17.7 Å². The van der Waals surface area contributed by atoms with E-state index < -0.39 is 0 Å². The summed E-state index contributed by atoms with van der Waals surface area (Å²) in [5.41, 5.74) is 1.10. The Hall–Kier alpha value is -1.71. The number of carbonyl (C=O) groups is 1. The normalized spacial score (nSPS) is 11.7. The number of ether oxygens (including phenoxy) is 1. The summed E-state index contributed by atoms with van der Waals surface area (Å²) >= 11 is 0. The monoisotopic (exact) mass is 250 g/mol. The first-order valence-electron chi connectivity index (χ1n) is 6.36. The Balaban J connectivity index is 2.31. The SMILES string of the molecule is CCCNC(=O)NC(C)COc1ccccc1C. The molecule has 0 saturated carbocycles. The molecule has 0 radical (unpaired) electrons.